The minimum absolute atomic E-state index is 0.726. The molecule has 0 saturated heterocycles. The minimum Gasteiger partial charge on any atom is -0.619 e. The van der Waals surface area contributed by atoms with Gasteiger partial charge in [0.15, 0.2) is 12.4 Å². The van der Waals surface area contributed by atoms with E-state index in [4.69, 9.17) is 0 Å². The van der Waals surface area contributed by atoms with E-state index in [-0.39, 0.29) is 0 Å². The number of rotatable bonds is 2. The van der Waals surface area contributed by atoms with Crippen molar-refractivity contribution in [2.45, 2.75) is 6.92 Å². The van der Waals surface area contributed by atoms with E-state index in [1.807, 2.05) is 6.92 Å². The summed E-state index contributed by atoms with van der Waals surface area (Å²) in [6.07, 6.45) is 2.84. The van der Waals surface area contributed by atoms with E-state index >= 15 is 0 Å². The van der Waals surface area contributed by atoms with Gasteiger partial charge >= 0.3 is 0 Å². The molecular formula is C8H10N2O2. The van der Waals surface area contributed by atoms with Crippen LogP contribution in [0.25, 0.3) is 0 Å². The average molecular weight is 166 g/mol. The molecule has 1 aromatic rings. The highest BCUT2D eigenvalue weighted by molar-refractivity contribution is 5.98. The monoisotopic (exact) mass is 166 g/mol. The summed E-state index contributed by atoms with van der Waals surface area (Å²) in [7, 11) is 1.49. The summed E-state index contributed by atoms with van der Waals surface area (Å²) in [5.74, 6) is 0. The summed E-state index contributed by atoms with van der Waals surface area (Å²) in [6, 6.07) is 3.37. The molecule has 4 nitrogen and oxygen atoms in total. The van der Waals surface area contributed by atoms with E-state index in [0.717, 1.165) is 16.0 Å². The number of pyridine rings is 1. The van der Waals surface area contributed by atoms with Crippen LogP contribution in [0, 0.1) is 5.21 Å². The first-order valence-electron chi connectivity index (χ1n) is 3.51. The molecule has 0 saturated carbocycles. The molecule has 0 aliphatic carbocycles. The van der Waals surface area contributed by atoms with Crippen molar-refractivity contribution in [2.24, 2.45) is 5.16 Å². The van der Waals surface area contributed by atoms with E-state index in [1.54, 1.807) is 12.1 Å². The Labute approximate surface area is 70.7 Å². The summed E-state index contributed by atoms with van der Waals surface area (Å²) in [5, 5.41) is 14.4. The lowest BCUT2D eigenvalue weighted by Crippen LogP contribution is -2.24. The zero-order valence-corrected chi connectivity index (χ0v) is 7.02. The SMILES string of the molecule is CO/N=C(/C)c1cc[n+]([O-])cc1. The summed E-state index contributed by atoms with van der Waals surface area (Å²) >= 11 is 0. The van der Waals surface area contributed by atoms with Crippen molar-refractivity contribution >= 4 is 5.71 Å². The Morgan fingerprint density at radius 1 is 1.50 bits per heavy atom. The Bertz CT molecular complexity index is 280. The van der Waals surface area contributed by atoms with E-state index in [2.05, 4.69) is 9.99 Å². The molecule has 1 heterocycles. The third-order valence-electron chi connectivity index (χ3n) is 1.45. The van der Waals surface area contributed by atoms with Crippen molar-refractivity contribution < 1.29 is 9.57 Å². The predicted octanol–water partition coefficient (Wildman–Crippen LogP) is 0.690. The molecule has 0 bridgehead atoms. The zero-order chi connectivity index (χ0) is 8.97. The first-order valence-corrected chi connectivity index (χ1v) is 3.51. The molecule has 1 aromatic heterocycles. The fourth-order valence-electron chi connectivity index (χ4n) is 0.844. The normalized spacial score (nSPS) is 11.3. The summed E-state index contributed by atoms with van der Waals surface area (Å²) in [4.78, 5) is 4.59. The van der Waals surface area contributed by atoms with E-state index in [1.165, 1.54) is 19.5 Å². The maximum atomic E-state index is 10.6. The van der Waals surface area contributed by atoms with Gasteiger partial charge < -0.3 is 10.0 Å². The summed E-state index contributed by atoms with van der Waals surface area (Å²) in [6.45, 7) is 1.81. The molecule has 0 spiro atoms. The Morgan fingerprint density at radius 2 is 2.08 bits per heavy atom. The molecule has 0 radical (unpaired) electrons. The number of hydrogen-bond acceptors (Lipinski definition) is 3. The van der Waals surface area contributed by atoms with Gasteiger partial charge in [-0.15, -0.1) is 0 Å². The van der Waals surface area contributed by atoms with Crippen LogP contribution in [0.4, 0.5) is 0 Å². The summed E-state index contributed by atoms with van der Waals surface area (Å²) in [5.41, 5.74) is 1.63. The van der Waals surface area contributed by atoms with Crippen LogP contribution >= 0.6 is 0 Å². The van der Waals surface area contributed by atoms with Crippen LogP contribution in [0.5, 0.6) is 0 Å². The first-order chi connectivity index (χ1) is 5.74. The predicted molar refractivity (Wildman–Crippen MR) is 44.6 cm³/mol. The Hall–Kier alpha value is -1.58. The second-order valence-electron chi connectivity index (χ2n) is 2.31. The highest BCUT2D eigenvalue weighted by Gasteiger charge is 1.98. The van der Waals surface area contributed by atoms with Gasteiger partial charge in [0.1, 0.15) is 7.11 Å². The third-order valence-corrected chi connectivity index (χ3v) is 1.45. The summed E-state index contributed by atoms with van der Waals surface area (Å²) < 4.78 is 0.726. The largest absolute Gasteiger partial charge is 0.619 e. The van der Waals surface area contributed by atoms with Crippen LogP contribution in [0.2, 0.25) is 0 Å². The molecule has 0 unspecified atom stereocenters. The molecule has 0 aliphatic heterocycles. The Morgan fingerprint density at radius 3 is 2.58 bits per heavy atom. The number of nitrogens with zero attached hydrogens (tertiary/aromatic N) is 2. The van der Waals surface area contributed by atoms with Gasteiger partial charge in [-0.3, -0.25) is 0 Å². The quantitative estimate of drug-likeness (QED) is 0.281. The van der Waals surface area contributed by atoms with E-state index < -0.39 is 0 Å². The maximum absolute atomic E-state index is 10.6. The molecule has 12 heavy (non-hydrogen) atoms. The number of hydrogen-bond donors (Lipinski definition) is 0. The molecule has 0 amide bonds. The van der Waals surface area contributed by atoms with Crippen LogP contribution < -0.4 is 4.73 Å². The van der Waals surface area contributed by atoms with Crippen LogP contribution in [-0.2, 0) is 4.84 Å². The van der Waals surface area contributed by atoms with Crippen molar-refractivity contribution in [3.63, 3.8) is 0 Å². The fourth-order valence-corrected chi connectivity index (χ4v) is 0.844. The minimum atomic E-state index is 0.726. The lowest BCUT2D eigenvalue weighted by atomic mass is 10.2. The Balaban J connectivity index is 2.89. The zero-order valence-electron chi connectivity index (χ0n) is 7.02. The van der Waals surface area contributed by atoms with Gasteiger partial charge in [-0.05, 0) is 6.92 Å². The van der Waals surface area contributed by atoms with Crippen molar-refractivity contribution in [3.8, 4) is 0 Å². The molecule has 0 aliphatic rings. The topological polar surface area (TPSA) is 48.5 Å². The fraction of sp³-hybridized carbons (Fsp3) is 0.250. The van der Waals surface area contributed by atoms with Crippen LogP contribution in [-0.4, -0.2) is 12.8 Å². The average Bonchev–Trinajstić information content (AvgIpc) is 2.06. The first kappa shape index (κ1) is 8.52. The third kappa shape index (κ3) is 1.95. The molecular weight excluding hydrogens is 156 g/mol. The van der Waals surface area contributed by atoms with Crippen LogP contribution in [0.3, 0.4) is 0 Å². The molecule has 0 N–H and O–H groups in total. The molecule has 0 aromatic carbocycles. The van der Waals surface area contributed by atoms with E-state index in [0.29, 0.717) is 0 Å². The van der Waals surface area contributed by atoms with Crippen molar-refractivity contribution in [2.75, 3.05) is 7.11 Å². The smallest absolute Gasteiger partial charge is 0.181 e. The molecule has 4 heteroatoms. The van der Waals surface area contributed by atoms with Gasteiger partial charge in [-0.2, -0.15) is 4.73 Å². The maximum Gasteiger partial charge on any atom is 0.181 e. The number of aromatic nitrogens is 1. The van der Waals surface area contributed by atoms with Crippen LogP contribution in [0.1, 0.15) is 12.5 Å². The molecule has 64 valence electrons. The number of oxime groups is 1. The van der Waals surface area contributed by atoms with Crippen LogP contribution in [0.15, 0.2) is 29.7 Å². The van der Waals surface area contributed by atoms with Gasteiger partial charge in [0.05, 0.1) is 5.71 Å². The van der Waals surface area contributed by atoms with Gasteiger partial charge in [0.2, 0.25) is 0 Å². The molecule has 0 fully saturated rings. The van der Waals surface area contributed by atoms with Crippen molar-refractivity contribution in [3.05, 3.63) is 35.3 Å². The second kappa shape index (κ2) is 3.71. The molecule has 0 atom stereocenters. The standard InChI is InChI=1S/C8H10N2O2/c1-7(9-12-2)8-3-5-10(11)6-4-8/h3-6H,1-2H3/b9-7-. The van der Waals surface area contributed by atoms with Gasteiger partial charge in [-0.25, -0.2) is 0 Å². The van der Waals surface area contributed by atoms with E-state index in [9.17, 15) is 5.21 Å². The van der Waals surface area contributed by atoms with Gasteiger partial charge in [-0.1, -0.05) is 5.16 Å². The van der Waals surface area contributed by atoms with Gasteiger partial charge in [0, 0.05) is 17.7 Å². The van der Waals surface area contributed by atoms with Crippen molar-refractivity contribution in [1.29, 1.82) is 0 Å². The lowest BCUT2D eigenvalue weighted by Gasteiger charge is -1.98. The Kier molecular flexibility index (Phi) is 2.63. The highest BCUT2D eigenvalue weighted by Crippen LogP contribution is 1.97. The van der Waals surface area contributed by atoms with Crippen molar-refractivity contribution in [1.82, 2.24) is 0 Å². The highest BCUT2D eigenvalue weighted by atomic mass is 16.6. The molecule has 1 rings (SSSR count). The second-order valence-corrected chi connectivity index (χ2v) is 2.31. The lowest BCUT2D eigenvalue weighted by molar-refractivity contribution is -0.605. The van der Waals surface area contributed by atoms with Gasteiger partial charge in [0.25, 0.3) is 0 Å².